The molecule has 0 unspecified atom stereocenters. The van der Waals surface area contributed by atoms with Gasteiger partial charge in [0.25, 0.3) is 5.91 Å². The number of anilines is 2. The van der Waals surface area contributed by atoms with Crippen molar-refractivity contribution in [1.29, 1.82) is 0 Å². The number of hydrogen-bond donors (Lipinski definition) is 2. The van der Waals surface area contributed by atoms with Crippen molar-refractivity contribution in [2.75, 3.05) is 17.7 Å². The highest BCUT2D eigenvalue weighted by Crippen LogP contribution is 2.26. The molecule has 0 bridgehead atoms. The van der Waals surface area contributed by atoms with Gasteiger partial charge in [0, 0.05) is 21.9 Å². The predicted molar refractivity (Wildman–Crippen MR) is 119 cm³/mol. The van der Waals surface area contributed by atoms with Gasteiger partial charge < -0.3 is 20.4 Å². The van der Waals surface area contributed by atoms with Crippen LogP contribution in [0.1, 0.15) is 0 Å². The molecule has 0 aliphatic heterocycles. The number of nitrogens with zero attached hydrogens (tertiary/aromatic N) is 4. The summed E-state index contributed by atoms with van der Waals surface area (Å²) in [6.45, 7) is -0.0796. The van der Waals surface area contributed by atoms with E-state index in [-0.39, 0.29) is 12.5 Å². The molecule has 8 nitrogen and oxygen atoms in total. The van der Waals surface area contributed by atoms with Gasteiger partial charge in [0.2, 0.25) is 0 Å². The lowest BCUT2D eigenvalue weighted by atomic mass is 10.2. The highest BCUT2D eigenvalue weighted by molar-refractivity contribution is 14.1. The Morgan fingerprint density at radius 2 is 1.86 bits per heavy atom. The third kappa shape index (κ3) is 4.14. The third-order valence-corrected chi connectivity index (χ3v) is 5.01. The first kappa shape index (κ1) is 19.1. The minimum absolute atomic E-state index is 0.0796. The normalized spacial score (nSPS) is 10.8. The highest BCUT2D eigenvalue weighted by Gasteiger charge is 2.13. The molecule has 4 aromatic rings. The van der Waals surface area contributed by atoms with Crippen LogP contribution in [0, 0.1) is 3.57 Å². The third-order valence-electron chi connectivity index (χ3n) is 4.29. The molecular formula is C20H17IN6O2. The van der Waals surface area contributed by atoms with Gasteiger partial charge in [-0.25, -0.2) is 15.0 Å². The number of imidazole rings is 1. The molecule has 0 atom stereocenters. The molecule has 2 aromatic carbocycles. The van der Waals surface area contributed by atoms with Crippen molar-refractivity contribution >= 4 is 51.2 Å². The molecule has 0 saturated heterocycles. The fourth-order valence-electron chi connectivity index (χ4n) is 2.85. The van der Waals surface area contributed by atoms with Gasteiger partial charge in [0.1, 0.15) is 17.9 Å². The number of fused-ring (bicyclic) bond motifs is 1. The first-order valence-corrected chi connectivity index (χ1v) is 9.80. The molecule has 0 radical (unpaired) electrons. The zero-order chi connectivity index (χ0) is 20.4. The molecule has 2 heterocycles. The molecule has 0 fully saturated rings. The summed E-state index contributed by atoms with van der Waals surface area (Å²) in [5.41, 5.74) is 8.73. The van der Waals surface area contributed by atoms with Crippen LogP contribution in [0.4, 0.5) is 11.5 Å². The number of benzene rings is 2. The molecular weight excluding hydrogens is 483 g/mol. The number of amides is 1. The van der Waals surface area contributed by atoms with Crippen LogP contribution in [0.5, 0.6) is 5.75 Å². The lowest BCUT2D eigenvalue weighted by Gasteiger charge is -2.08. The van der Waals surface area contributed by atoms with Crippen LogP contribution in [0.2, 0.25) is 0 Å². The molecule has 0 spiro atoms. The Morgan fingerprint density at radius 3 is 2.55 bits per heavy atom. The first-order chi connectivity index (χ1) is 14.0. The highest BCUT2D eigenvalue weighted by atomic mass is 127. The van der Waals surface area contributed by atoms with E-state index >= 15 is 0 Å². The van der Waals surface area contributed by atoms with Crippen LogP contribution in [-0.2, 0) is 11.8 Å². The second-order valence-corrected chi connectivity index (χ2v) is 7.54. The van der Waals surface area contributed by atoms with Crippen molar-refractivity contribution in [2.45, 2.75) is 0 Å². The maximum atomic E-state index is 12.1. The molecule has 146 valence electrons. The number of carbonyl (C=O) groups excluding carboxylic acids is 1. The summed E-state index contributed by atoms with van der Waals surface area (Å²) >= 11 is 2.21. The Balaban J connectivity index is 1.43. The summed E-state index contributed by atoms with van der Waals surface area (Å²) < 4.78 is 8.54. The Bertz CT molecular complexity index is 1170. The van der Waals surface area contributed by atoms with Crippen molar-refractivity contribution in [1.82, 2.24) is 19.5 Å². The van der Waals surface area contributed by atoms with E-state index in [9.17, 15) is 4.79 Å². The van der Waals surface area contributed by atoms with E-state index in [0.717, 1.165) is 20.6 Å². The molecule has 0 aliphatic rings. The second-order valence-electron chi connectivity index (χ2n) is 6.29. The summed E-state index contributed by atoms with van der Waals surface area (Å²) in [6, 6.07) is 14.9. The number of aryl methyl sites for hydroxylation is 1. The van der Waals surface area contributed by atoms with Gasteiger partial charge in [0.05, 0.1) is 0 Å². The average Bonchev–Trinajstić information content (AvgIpc) is 3.07. The van der Waals surface area contributed by atoms with Crippen LogP contribution in [0.25, 0.3) is 22.6 Å². The Kier molecular flexibility index (Phi) is 5.30. The first-order valence-electron chi connectivity index (χ1n) is 8.73. The number of rotatable bonds is 5. The lowest BCUT2D eigenvalue weighted by molar-refractivity contribution is -0.118. The van der Waals surface area contributed by atoms with Crippen LogP contribution in [0.15, 0.2) is 54.9 Å². The quantitative estimate of drug-likeness (QED) is 0.408. The summed E-state index contributed by atoms with van der Waals surface area (Å²) in [7, 11) is 1.87. The molecule has 0 saturated carbocycles. The number of nitrogen functional groups attached to an aromatic ring is 1. The minimum Gasteiger partial charge on any atom is -0.484 e. The van der Waals surface area contributed by atoms with Gasteiger partial charge in [0.15, 0.2) is 23.6 Å². The Labute approximate surface area is 180 Å². The fourth-order valence-corrected chi connectivity index (χ4v) is 3.21. The van der Waals surface area contributed by atoms with E-state index in [1.54, 1.807) is 12.1 Å². The van der Waals surface area contributed by atoms with Crippen molar-refractivity contribution in [2.24, 2.45) is 7.05 Å². The smallest absolute Gasteiger partial charge is 0.262 e. The van der Waals surface area contributed by atoms with E-state index < -0.39 is 0 Å². The summed E-state index contributed by atoms with van der Waals surface area (Å²) in [4.78, 5) is 24.8. The monoisotopic (exact) mass is 500 g/mol. The maximum Gasteiger partial charge on any atom is 0.262 e. The van der Waals surface area contributed by atoms with E-state index in [0.29, 0.717) is 22.7 Å². The number of halogens is 1. The van der Waals surface area contributed by atoms with E-state index in [4.69, 9.17) is 10.5 Å². The topological polar surface area (TPSA) is 108 Å². The minimum atomic E-state index is -0.223. The second kappa shape index (κ2) is 8.03. The van der Waals surface area contributed by atoms with E-state index in [1.165, 1.54) is 6.33 Å². The molecule has 2 aromatic heterocycles. The number of carbonyl (C=O) groups is 1. The van der Waals surface area contributed by atoms with Gasteiger partial charge in [-0.1, -0.05) is 0 Å². The van der Waals surface area contributed by atoms with Gasteiger partial charge >= 0.3 is 0 Å². The fraction of sp³-hybridized carbons (Fsp3) is 0.100. The summed E-state index contributed by atoms with van der Waals surface area (Å²) in [6.07, 6.45) is 1.42. The van der Waals surface area contributed by atoms with Crippen molar-refractivity contribution < 1.29 is 9.53 Å². The SMILES string of the molecule is Cn1c(-c2ccc(OCC(=O)Nc3ccc(I)cc3)cc2)nc2c(N)ncnc21. The number of nitrogens with two attached hydrogens (primary N) is 1. The van der Waals surface area contributed by atoms with Gasteiger partial charge in [-0.2, -0.15) is 0 Å². The molecule has 29 heavy (non-hydrogen) atoms. The predicted octanol–water partition coefficient (Wildman–Crippen LogP) is 3.23. The number of nitrogens with one attached hydrogen (secondary N) is 1. The van der Waals surface area contributed by atoms with E-state index in [1.807, 2.05) is 48.0 Å². The Hall–Kier alpha value is -3.21. The van der Waals surface area contributed by atoms with Crippen molar-refractivity contribution in [3.63, 3.8) is 0 Å². The molecule has 0 aliphatic carbocycles. The number of hydrogen-bond acceptors (Lipinski definition) is 6. The Morgan fingerprint density at radius 1 is 1.14 bits per heavy atom. The number of aromatic nitrogens is 4. The van der Waals surface area contributed by atoms with Crippen LogP contribution in [-0.4, -0.2) is 32.0 Å². The number of ether oxygens (including phenoxy) is 1. The van der Waals surface area contributed by atoms with Crippen molar-refractivity contribution in [3.8, 4) is 17.1 Å². The maximum absolute atomic E-state index is 12.1. The average molecular weight is 500 g/mol. The molecule has 4 rings (SSSR count). The standard InChI is InChI=1S/C20H17IN6O2/c1-27-19(26-17-18(22)23-11-24-20(17)27)12-2-8-15(9-3-12)29-10-16(28)25-14-6-4-13(21)5-7-14/h2-9,11H,10H2,1H3,(H,25,28)(H2,22,23,24). The van der Waals surface area contributed by atoms with Crippen LogP contribution < -0.4 is 15.8 Å². The molecule has 3 N–H and O–H groups in total. The van der Waals surface area contributed by atoms with E-state index in [2.05, 4.69) is 42.9 Å². The molecule has 9 heteroatoms. The molecule has 1 amide bonds. The largest absolute Gasteiger partial charge is 0.484 e. The zero-order valence-corrected chi connectivity index (χ0v) is 17.6. The summed E-state index contributed by atoms with van der Waals surface area (Å²) in [5, 5.41) is 2.80. The van der Waals surface area contributed by atoms with Crippen LogP contribution >= 0.6 is 22.6 Å². The van der Waals surface area contributed by atoms with Gasteiger partial charge in [-0.15, -0.1) is 0 Å². The lowest BCUT2D eigenvalue weighted by Crippen LogP contribution is -2.20. The van der Waals surface area contributed by atoms with Gasteiger partial charge in [-0.05, 0) is 71.1 Å². The summed E-state index contributed by atoms with van der Waals surface area (Å²) in [5.74, 6) is 1.43. The zero-order valence-electron chi connectivity index (χ0n) is 15.5. The van der Waals surface area contributed by atoms with Gasteiger partial charge in [-0.3, -0.25) is 4.79 Å². The van der Waals surface area contributed by atoms with Crippen LogP contribution in [0.3, 0.4) is 0 Å². The van der Waals surface area contributed by atoms with Crippen molar-refractivity contribution in [3.05, 3.63) is 58.4 Å².